The summed E-state index contributed by atoms with van der Waals surface area (Å²) < 4.78 is 0. The van der Waals surface area contributed by atoms with Gasteiger partial charge < -0.3 is 5.73 Å². The first kappa shape index (κ1) is 6.35. The van der Waals surface area contributed by atoms with Crippen LogP contribution in [-0.4, -0.2) is 18.3 Å². The first-order valence-electron chi connectivity index (χ1n) is 2.93. The predicted molar refractivity (Wildman–Crippen MR) is 35.4 cm³/mol. The van der Waals surface area contributed by atoms with E-state index in [0.717, 1.165) is 6.42 Å². The molecule has 0 fully saturated rings. The maximum atomic E-state index is 5.33. The lowest BCUT2D eigenvalue weighted by atomic mass is 10.0. The van der Waals surface area contributed by atoms with Gasteiger partial charge in [0.05, 0.1) is 6.21 Å². The van der Waals surface area contributed by atoms with Gasteiger partial charge in [-0.3, -0.25) is 0 Å². The van der Waals surface area contributed by atoms with Gasteiger partial charge in [-0.15, -0.1) is 5.10 Å². The fraction of sp³-hybridized carbons (Fsp3) is 0.800. The lowest BCUT2D eigenvalue weighted by Crippen LogP contribution is -2.24. The first-order valence-corrected chi connectivity index (χ1v) is 2.93. The third-order valence-electron chi connectivity index (χ3n) is 1.31. The molecular formula is C5H10N4. The summed E-state index contributed by atoms with van der Waals surface area (Å²) in [5.41, 5.74) is 5.12. The smallest absolute Gasteiger partial charge is 0.119 e. The number of nitrogens with two attached hydrogens (primary N) is 1. The van der Waals surface area contributed by atoms with E-state index in [0.29, 0.717) is 6.54 Å². The molecule has 1 aliphatic heterocycles. The van der Waals surface area contributed by atoms with E-state index in [1.165, 1.54) is 0 Å². The molecule has 0 radical (unpaired) electrons. The monoisotopic (exact) mass is 126 g/mol. The normalized spacial score (nSPS) is 31.8. The van der Waals surface area contributed by atoms with Crippen LogP contribution in [0.5, 0.6) is 0 Å². The van der Waals surface area contributed by atoms with E-state index in [-0.39, 0.29) is 5.54 Å². The van der Waals surface area contributed by atoms with Gasteiger partial charge >= 0.3 is 0 Å². The molecule has 0 saturated carbocycles. The highest BCUT2D eigenvalue weighted by molar-refractivity contribution is 5.70. The van der Waals surface area contributed by atoms with Crippen LogP contribution in [0.2, 0.25) is 0 Å². The number of rotatable bonds is 2. The van der Waals surface area contributed by atoms with Crippen LogP contribution in [0.4, 0.5) is 0 Å². The highest BCUT2D eigenvalue weighted by Gasteiger charge is 2.22. The van der Waals surface area contributed by atoms with Crippen LogP contribution in [0.1, 0.15) is 13.3 Å². The van der Waals surface area contributed by atoms with Crippen molar-refractivity contribution >= 4 is 6.21 Å². The molecule has 0 aromatic carbocycles. The molecule has 50 valence electrons. The van der Waals surface area contributed by atoms with Crippen LogP contribution >= 0.6 is 0 Å². The van der Waals surface area contributed by atoms with E-state index in [1.54, 1.807) is 6.21 Å². The van der Waals surface area contributed by atoms with Gasteiger partial charge in [-0.2, -0.15) is 5.11 Å². The first-order chi connectivity index (χ1) is 4.27. The maximum Gasteiger partial charge on any atom is 0.119 e. The number of nitrogens with zero attached hydrogens (tertiary/aromatic N) is 3. The maximum absolute atomic E-state index is 5.33. The van der Waals surface area contributed by atoms with Crippen molar-refractivity contribution in [3.05, 3.63) is 0 Å². The zero-order valence-electron chi connectivity index (χ0n) is 5.41. The summed E-state index contributed by atoms with van der Waals surface area (Å²) in [4.78, 5) is 0. The summed E-state index contributed by atoms with van der Waals surface area (Å²) in [6, 6.07) is 0. The average Bonchev–Trinajstić information content (AvgIpc) is 2.16. The van der Waals surface area contributed by atoms with Crippen molar-refractivity contribution in [2.24, 2.45) is 21.2 Å². The summed E-state index contributed by atoms with van der Waals surface area (Å²) in [7, 11) is 0. The molecular weight excluding hydrogens is 116 g/mol. The second-order valence-electron chi connectivity index (χ2n) is 2.33. The second-order valence-corrected chi connectivity index (χ2v) is 2.33. The molecule has 4 nitrogen and oxygen atoms in total. The molecule has 0 aromatic heterocycles. The van der Waals surface area contributed by atoms with Crippen LogP contribution in [-0.2, 0) is 0 Å². The third-order valence-corrected chi connectivity index (χ3v) is 1.31. The molecule has 0 aromatic rings. The minimum atomic E-state index is -0.214. The highest BCUT2D eigenvalue weighted by Crippen LogP contribution is 2.16. The molecule has 1 unspecified atom stereocenters. The Bertz CT molecular complexity index is 137. The van der Waals surface area contributed by atoms with Gasteiger partial charge in [0.2, 0.25) is 0 Å². The van der Waals surface area contributed by atoms with Crippen molar-refractivity contribution in [2.45, 2.75) is 18.9 Å². The Morgan fingerprint density at radius 1 is 1.67 bits per heavy atom. The molecule has 2 N–H and O–H groups in total. The second kappa shape index (κ2) is 2.23. The average molecular weight is 126 g/mol. The third kappa shape index (κ3) is 1.32. The SMILES string of the molecule is CC1(CCN)C=NN=N1. The van der Waals surface area contributed by atoms with Crippen molar-refractivity contribution in [3.63, 3.8) is 0 Å². The van der Waals surface area contributed by atoms with Crippen LogP contribution in [0.3, 0.4) is 0 Å². The Balaban J connectivity index is 2.53. The summed E-state index contributed by atoms with van der Waals surface area (Å²) in [5, 5.41) is 11.0. The Labute approximate surface area is 53.8 Å². The Kier molecular flexibility index (Phi) is 1.57. The summed E-state index contributed by atoms with van der Waals surface area (Å²) in [6.45, 7) is 2.58. The number of hydrogen-bond acceptors (Lipinski definition) is 4. The quantitative estimate of drug-likeness (QED) is 0.576. The van der Waals surface area contributed by atoms with Gasteiger partial charge in [-0.25, -0.2) is 0 Å². The Hall–Kier alpha value is -0.770. The van der Waals surface area contributed by atoms with Gasteiger partial charge in [0, 0.05) is 0 Å². The standard InChI is InChI=1S/C5H10N4/c1-5(2-3-6)4-7-9-8-5/h4H,2-3,6H2,1H3. The van der Waals surface area contributed by atoms with Crippen molar-refractivity contribution in [1.29, 1.82) is 0 Å². The summed E-state index contributed by atoms with van der Waals surface area (Å²) >= 11 is 0. The molecule has 0 amide bonds. The molecule has 1 heterocycles. The van der Waals surface area contributed by atoms with Crippen molar-refractivity contribution in [2.75, 3.05) is 6.54 Å². The van der Waals surface area contributed by atoms with Crippen LogP contribution in [0.25, 0.3) is 0 Å². The molecule has 9 heavy (non-hydrogen) atoms. The van der Waals surface area contributed by atoms with Gasteiger partial charge in [0.1, 0.15) is 5.54 Å². The van der Waals surface area contributed by atoms with Crippen LogP contribution in [0.15, 0.2) is 15.4 Å². The molecule has 1 aliphatic rings. The molecule has 0 saturated heterocycles. The molecule has 4 heteroatoms. The Morgan fingerprint density at radius 3 is 2.89 bits per heavy atom. The lowest BCUT2D eigenvalue weighted by molar-refractivity contribution is 0.577. The molecule has 1 rings (SSSR count). The van der Waals surface area contributed by atoms with E-state index in [2.05, 4.69) is 15.4 Å². The van der Waals surface area contributed by atoms with E-state index >= 15 is 0 Å². The zero-order chi connectivity index (χ0) is 6.74. The molecule has 0 bridgehead atoms. The molecule has 0 spiro atoms. The molecule has 0 aliphatic carbocycles. The minimum Gasteiger partial charge on any atom is -0.330 e. The fourth-order valence-corrected chi connectivity index (χ4v) is 0.711. The summed E-state index contributed by atoms with van der Waals surface area (Å²) in [6.07, 6.45) is 2.54. The topological polar surface area (TPSA) is 63.1 Å². The zero-order valence-corrected chi connectivity index (χ0v) is 5.41. The largest absolute Gasteiger partial charge is 0.330 e. The van der Waals surface area contributed by atoms with Gasteiger partial charge in [-0.05, 0) is 25.1 Å². The van der Waals surface area contributed by atoms with Crippen molar-refractivity contribution in [1.82, 2.24) is 0 Å². The Morgan fingerprint density at radius 2 is 2.44 bits per heavy atom. The van der Waals surface area contributed by atoms with Crippen LogP contribution in [0, 0.1) is 0 Å². The van der Waals surface area contributed by atoms with E-state index in [4.69, 9.17) is 5.73 Å². The van der Waals surface area contributed by atoms with Crippen molar-refractivity contribution < 1.29 is 0 Å². The minimum absolute atomic E-state index is 0.214. The van der Waals surface area contributed by atoms with E-state index in [1.807, 2.05) is 6.92 Å². The molecule has 1 atom stereocenters. The summed E-state index contributed by atoms with van der Waals surface area (Å²) in [5.74, 6) is 0. The van der Waals surface area contributed by atoms with E-state index < -0.39 is 0 Å². The highest BCUT2D eigenvalue weighted by atomic mass is 15.4. The predicted octanol–water partition coefficient (Wildman–Crippen LogP) is 0.545. The number of hydrogen-bond donors (Lipinski definition) is 1. The van der Waals surface area contributed by atoms with Crippen molar-refractivity contribution in [3.8, 4) is 0 Å². The lowest BCUT2D eigenvalue weighted by Gasteiger charge is -2.11. The fourth-order valence-electron chi connectivity index (χ4n) is 0.711. The van der Waals surface area contributed by atoms with Gasteiger partial charge in [0.25, 0.3) is 0 Å². The van der Waals surface area contributed by atoms with Gasteiger partial charge in [0.15, 0.2) is 0 Å². The van der Waals surface area contributed by atoms with Gasteiger partial charge in [-0.1, -0.05) is 0 Å². The van der Waals surface area contributed by atoms with E-state index in [9.17, 15) is 0 Å². The van der Waals surface area contributed by atoms with Crippen LogP contribution < -0.4 is 5.73 Å².